The van der Waals surface area contributed by atoms with Gasteiger partial charge in [-0.1, -0.05) is 27.2 Å². The second-order valence-corrected chi connectivity index (χ2v) is 8.18. The quantitative estimate of drug-likeness (QED) is 0.781. The molecular formula is C14H30N2O2S. The van der Waals surface area contributed by atoms with E-state index < -0.39 is 10.0 Å². The SMILES string of the molecule is CCC(CNC(C)C)CC1CCCN(S(C)(=O)=O)C1. The number of piperidine rings is 1. The Labute approximate surface area is 119 Å². The van der Waals surface area contributed by atoms with Gasteiger partial charge in [0.1, 0.15) is 0 Å². The molecule has 0 radical (unpaired) electrons. The fraction of sp³-hybridized carbons (Fsp3) is 1.00. The topological polar surface area (TPSA) is 49.4 Å². The molecule has 2 atom stereocenters. The molecule has 19 heavy (non-hydrogen) atoms. The highest BCUT2D eigenvalue weighted by Gasteiger charge is 2.27. The zero-order valence-corrected chi connectivity index (χ0v) is 13.7. The molecule has 0 bridgehead atoms. The highest BCUT2D eigenvalue weighted by atomic mass is 32.2. The third-order valence-electron chi connectivity index (χ3n) is 4.01. The van der Waals surface area contributed by atoms with Gasteiger partial charge in [0.05, 0.1) is 6.26 Å². The maximum atomic E-state index is 11.6. The van der Waals surface area contributed by atoms with E-state index in [9.17, 15) is 8.42 Å². The van der Waals surface area contributed by atoms with Gasteiger partial charge < -0.3 is 5.32 Å². The van der Waals surface area contributed by atoms with Gasteiger partial charge in [-0.2, -0.15) is 0 Å². The van der Waals surface area contributed by atoms with E-state index in [0.29, 0.717) is 24.4 Å². The van der Waals surface area contributed by atoms with E-state index in [4.69, 9.17) is 0 Å². The Balaban J connectivity index is 2.46. The molecule has 0 amide bonds. The Kier molecular flexibility index (Phi) is 6.77. The monoisotopic (exact) mass is 290 g/mol. The molecule has 114 valence electrons. The summed E-state index contributed by atoms with van der Waals surface area (Å²) in [6.07, 6.45) is 5.81. The first kappa shape index (κ1) is 16.9. The minimum atomic E-state index is -3.01. The molecule has 1 aliphatic rings. The van der Waals surface area contributed by atoms with Crippen molar-refractivity contribution >= 4 is 10.0 Å². The number of sulfonamides is 1. The highest BCUT2D eigenvalue weighted by Crippen LogP contribution is 2.25. The van der Waals surface area contributed by atoms with Crippen LogP contribution in [0.15, 0.2) is 0 Å². The van der Waals surface area contributed by atoms with Gasteiger partial charge in [0, 0.05) is 19.1 Å². The minimum absolute atomic E-state index is 0.521. The fourth-order valence-corrected chi connectivity index (χ4v) is 3.73. The van der Waals surface area contributed by atoms with Crippen LogP contribution in [0.25, 0.3) is 0 Å². The summed E-state index contributed by atoms with van der Waals surface area (Å²) >= 11 is 0. The molecule has 1 heterocycles. The van der Waals surface area contributed by atoms with Crippen LogP contribution >= 0.6 is 0 Å². The highest BCUT2D eigenvalue weighted by molar-refractivity contribution is 7.88. The molecule has 2 unspecified atom stereocenters. The number of nitrogens with zero attached hydrogens (tertiary/aromatic N) is 1. The van der Waals surface area contributed by atoms with Gasteiger partial charge in [-0.3, -0.25) is 0 Å². The lowest BCUT2D eigenvalue weighted by Gasteiger charge is -2.33. The third-order valence-corrected chi connectivity index (χ3v) is 5.28. The molecule has 1 aliphatic heterocycles. The number of hydrogen-bond donors (Lipinski definition) is 1. The lowest BCUT2D eigenvalue weighted by atomic mass is 9.87. The van der Waals surface area contributed by atoms with Crippen LogP contribution in [0, 0.1) is 11.8 Å². The van der Waals surface area contributed by atoms with E-state index in [1.165, 1.54) is 12.7 Å². The van der Waals surface area contributed by atoms with Crippen molar-refractivity contribution in [3.63, 3.8) is 0 Å². The van der Waals surface area contributed by atoms with Crippen LogP contribution in [0.3, 0.4) is 0 Å². The Hall–Kier alpha value is -0.130. The van der Waals surface area contributed by atoms with E-state index in [2.05, 4.69) is 26.1 Å². The normalized spacial score (nSPS) is 23.7. The second kappa shape index (κ2) is 7.60. The molecule has 0 aliphatic carbocycles. The number of hydrogen-bond acceptors (Lipinski definition) is 3. The molecule has 4 nitrogen and oxygen atoms in total. The molecule has 0 spiro atoms. The van der Waals surface area contributed by atoms with Gasteiger partial charge >= 0.3 is 0 Å². The number of rotatable bonds is 7. The molecule has 5 heteroatoms. The first-order valence-corrected chi connectivity index (χ1v) is 9.36. The Morgan fingerprint density at radius 1 is 1.37 bits per heavy atom. The van der Waals surface area contributed by atoms with E-state index in [-0.39, 0.29) is 0 Å². The van der Waals surface area contributed by atoms with Crippen LogP contribution in [-0.4, -0.2) is 44.7 Å². The van der Waals surface area contributed by atoms with E-state index in [1.54, 1.807) is 4.31 Å². The average Bonchev–Trinajstić information content (AvgIpc) is 2.33. The maximum Gasteiger partial charge on any atom is 0.211 e. The Morgan fingerprint density at radius 2 is 2.05 bits per heavy atom. The Morgan fingerprint density at radius 3 is 2.58 bits per heavy atom. The van der Waals surface area contributed by atoms with Crippen LogP contribution in [0.1, 0.15) is 46.5 Å². The molecule has 1 saturated heterocycles. The zero-order chi connectivity index (χ0) is 14.5. The van der Waals surface area contributed by atoms with Gasteiger partial charge in [-0.05, 0) is 37.6 Å². The maximum absolute atomic E-state index is 11.6. The van der Waals surface area contributed by atoms with Crippen LogP contribution in [0.4, 0.5) is 0 Å². The Bertz CT molecular complexity index is 354. The van der Waals surface area contributed by atoms with Crippen molar-refractivity contribution in [2.24, 2.45) is 11.8 Å². The first-order chi connectivity index (χ1) is 8.82. The van der Waals surface area contributed by atoms with Crippen LogP contribution in [-0.2, 0) is 10.0 Å². The summed E-state index contributed by atoms with van der Waals surface area (Å²) in [5.74, 6) is 1.19. The molecular weight excluding hydrogens is 260 g/mol. The van der Waals surface area contributed by atoms with E-state index in [1.807, 2.05) is 0 Å². The second-order valence-electron chi connectivity index (χ2n) is 6.20. The lowest BCUT2D eigenvalue weighted by Crippen LogP contribution is -2.40. The average molecular weight is 290 g/mol. The smallest absolute Gasteiger partial charge is 0.211 e. The molecule has 1 fully saturated rings. The van der Waals surface area contributed by atoms with Gasteiger partial charge in [-0.15, -0.1) is 0 Å². The molecule has 0 saturated carbocycles. The molecule has 1 N–H and O–H groups in total. The van der Waals surface area contributed by atoms with Crippen molar-refractivity contribution in [1.29, 1.82) is 0 Å². The largest absolute Gasteiger partial charge is 0.314 e. The molecule has 0 aromatic carbocycles. The van der Waals surface area contributed by atoms with Crippen LogP contribution in [0.5, 0.6) is 0 Å². The van der Waals surface area contributed by atoms with Gasteiger partial charge in [0.2, 0.25) is 10.0 Å². The van der Waals surface area contributed by atoms with E-state index in [0.717, 1.165) is 32.4 Å². The molecule has 0 aromatic rings. The van der Waals surface area contributed by atoms with Gasteiger partial charge in [-0.25, -0.2) is 12.7 Å². The minimum Gasteiger partial charge on any atom is -0.314 e. The standard InChI is InChI=1S/C14H30N2O2S/c1-5-13(10-15-12(2)3)9-14-7-6-8-16(11-14)19(4,17)18/h12-15H,5-11H2,1-4H3. The summed E-state index contributed by atoms with van der Waals surface area (Å²) < 4.78 is 24.9. The van der Waals surface area contributed by atoms with Crippen molar-refractivity contribution < 1.29 is 8.42 Å². The fourth-order valence-electron chi connectivity index (χ4n) is 2.79. The summed E-state index contributed by atoms with van der Waals surface area (Å²) in [6, 6.07) is 0.521. The van der Waals surface area contributed by atoms with Crippen molar-refractivity contribution in [2.75, 3.05) is 25.9 Å². The number of nitrogens with one attached hydrogen (secondary N) is 1. The van der Waals surface area contributed by atoms with Crippen molar-refractivity contribution in [3.05, 3.63) is 0 Å². The van der Waals surface area contributed by atoms with Gasteiger partial charge in [0.15, 0.2) is 0 Å². The molecule has 1 rings (SSSR count). The molecule has 0 aromatic heterocycles. The predicted octanol–water partition coefficient (Wildman–Crippen LogP) is 2.07. The summed E-state index contributed by atoms with van der Waals surface area (Å²) in [6.45, 7) is 9.03. The lowest BCUT2D eigenvalue weighted by molar-refractivity contribution is 0.224. The summed E-state index contributed by atoms with van der Waals surface area (Å²) in [4.78, 5) is 0. The summed E-state index contributed by atoms with van der Waals surface area (Å²) in [5.41, 5.74) is 0. The van der Waals surface area contributed by atoms with Crippen LogP contribution < -0.4 is 5.32 Å². The van der Waals surface area contributed by atoms with Crippen molar-refractivity contribution in [2.45, 2.75) is 52.5 Å². The summed E-state index contributed by atoms with van der Waals surface area (Å²) in [5, 5.41) is 3.50. The van der Waals surface area contributed by atoms with E-state index >= 15 is 0 Å². The van der Waals surface area contributed by atoms with Crippen molar-refractivity contribution in [1.82, 2.24) is 9.62 Å². The predicted molar refractivity (Wildman–Crippen MR) is 80.7 cm³/mol. The first-order valence-electron chi connectivity index (χ1n) is 7.51. The van der Waals surface area contributed by atoms with Crippen LogP contribution in [0.2, 0.25) is 0 Å². The van der Waals surface area contributed by atoms with Crippen molar-refractivity contribution in [3.8, 4) is 0 Å². The zero-order valence-electron chi connectivity index (χ0n) is 12.9. The third kappa shape index (κ3) is 6.23. The summed E-state index contributed by atoms with van der Waals surface area (Å²) in [7, 11) is -3.01. The van der Waals surface area contributed by atoms with Gasteiger partial charge in [0.25, 0.3) is 0 Å².